The summed E-state index contributed by atoms with van der Waals surface area (Å²) >= 11 is 3.20. The number of methoxy groups -OCH3 is 1. The lowest BCUT2D eigenvalue weighted by molar-refractivity contribution is 0.368. The Bertz CT molecular complexity index is 628. The average Bonchev–Trinajstić information content (AvgIpc) is 2.72. The number of nitrogens with zero attached hydrogens (tertiary/aromatic N) is 2. The van der Waals surface area contributed by atoms with Gasteiger partial charge in [-0.1, -0.05) is 6.07 Å². The van der Waals surface area contributed by atoms with E-state index in [0.717, 1.165) is 35.7 Å². The Hall–Kier alpha value is -1.40. The molecule has 1 aromatic carbocycles. The SMILES string of the molecule is COc1c(CNCCc2ccc(F)c(Br)c2)c(C)nn1C. The van der Waals surface area contributed by atoms with Crippen LogP contribution in [0.1, 0.15) is 16.8 Å². The number of ether oxygens (including phenoxy) is 1. The summed E-state index contributed by atoms with van der Waals surface area (Å²) in [6, 6.07) is 5.10. The van der Waals surface area contributed by atoms with Crippen molar-refractivity contribution in [1.29, 1.82) is 0 Å². The lowest BCUT2D eigenvalue weighted by Gasteiger charge is -2.07. The Balaban J connectivity index is 1.89. The Kier molecular flexibility index (Phi) is 5.36. The molecule has 1 aromatic heterocycles. The lowest BCUT2D eigenvalue weighted by atomic mass is 10.1. The van der Waals surface area contributed by atoms with Gasteiger partial charge in [0, 0.05) is 13.6 Å². The molecule has 0 saturated heterocycles. The van der Waals surface area contributed by atoms with Crippen LogP contribution in [0.5, 0.6) is 5.88 Å². The molecule has 0 radical (unpaired) electrons. The van der Waals surface area contributed by atoms with Crippen LogP contribution in [0.3, 0.4) is 0 Å². The summed E-state index contributed by atoms with van der Waals surface area (Å²) in [4.78, 5) is 0. The molecule has 0 fully saturated rings. The molecule has 0 aliphatic carbocycles. The smallest absolute Gasteiger partial charge is 0.216 e. The van der Waals surface area contributed by atoms with Crippen molar-refractivity contribution in [1.82, 2.24) is 15.1 Å². The van der Waals surface area contributed by atoms with Crippen LogP contribution in [0, 0.1) is 12.7 Å². The zero-order valence-corrected chi connectivity index (χ0v) is 14.0. The highest BCUT2D eigenvalue weighted by Crippen LogP contribution is 2.20. The standard InChI is InChI=1S/C15H19BrFN3O/c1-10-12(15(21-3)20(2)19-10)9-18-7-6-11-4-5-14(17)13(16)8-11/h4-5,8,18H,6-7,9H2,1-3H3. The number of hydrogen-bond acceptors (Lipinski definition) is 3. The summed E-state index contributed by atoms with van der Waals surface area (Å²) in [5.74, 6) is 0.548. The van der Waals surface area contributed by atoms with E-state index < -0.39 is 0 Å². The third kappa shape index (κ3) is 3.83. The van der Waals surface area contributed by atoms with Gasteiger partial charge in [-0.3, -0.25) is 0 Å². The predicted molar refractivity (Wildman–Crippen MR) is 84.0 cm³/mol. The van der Waals surface area contributed by atoms with Crippen molar-refractivity contribution in [2.24, 2.45) is 7.05 Å². The van der Waals surface area contributed by atoms with E-state index in [1.165, 1.54) is 6.07 Å². The maximum Gasteiger partial charge on any atom is 0.216 e. The van der Waals surface area contributed by atoms with Crippen molar-refractivity contribution in [2.45, 2.75) is 19.9 Å². The first-order chi connectivity index (χ1) is 10.0. The van der Waals surface area contributed by atoms with E-state index in [0.29, 0.717) is 11.0 Å². The topological polar surface area (TPSA) is 39.1 Å². The summed E-state index contributed by atoms with van der Waals surface area (Å²) in [6.07, 6.45) is 0.834. The second-order valence-electron chi connectivity index (χ2n) is 4.87. The van der Waals surface area contributed by atoms with E-state index in [1.807, 2.05) is 20.0 Å². The van der Waals surface area contributed by atoms with Crippen LogP contribution in [-0.2, 0) is 20.0 Å². The maximum atomic E-state index is 13.2. The summed E-state index contributed by atoms with van der Waals surface area (Å²) in [5.41, 5.74) is 3.12. The molecule has 6 heteroatoms. The number of aryl methyl sites for hydroxylation is 2. The maximum absolute atomic E-state index is 13.2. The molecule has 0 unspecified atom stereocenters. The third-order valence-corrected chi connectivity index (χ3v) is 3.97. The number of rotatable bonds is 6. The molecule has 0 aliphatic heterocycles. The highest BCUT2D eigenvalue weighted by atomic mass is 79.9. The zero-order valence-electron chi connectivity index (χ0n) is 12.4. The number of hydrogen-bond donors (Lipinski definition) is 1. The monoisotopic (exact) mass is 355 g/mol. The van der Waals surface area contributed by atoms with Gasteiger partial charge in [-0.05, 0) is 53.5 Å². The molecule has 4 nitrogen and oxygen atoms in total. The highest BCUT2D eigenvalue weighted by molar-refractivity contribution is 9.10. The predicted octanol–water partition coefficient (Wildman–Crippen LogP) is 2.97. The minimum absolute atomic E-state index is 0.234. The van der Waals surface area contributed by atoms with Crippen LogP contribution in [0.4, 0.5) is 4.39 Å². The van der Waals surface area contributed by atoms with Crippen LogP contribution in [0.15, 0.2) is 22.7 Å². The summed E-state index contributed by atoms with van der Waals surface area (Å²) in [7, 11) is 3.52. The van der Waals surface area contributed by atoms with Crippen molar-refractivity contribution in [3.05, 3.63) is 45.3 Å². The fourth-order valence-corrected chi connectivity index (χ4v) is 2.71. The molecule has 1 heterocycles. The molecule has 0 saturated carbocycles. The van der Waals surface area contributed by atoms with E-state index in [1.54, 1.807) is 17.9 Å². The molecule has 2 rings (SSSR count). The van der Waals surface area contributed by atoms with Gasteiger partial charge in [0.1, 0.15) is 5.82 Å². The Labute approximate surface area is 132 Å². The fourth-order valence-electron chi connectivity index (χ4n) is 2.28. The molecular weight excluding hydrogens is 337 g/mol. The first-order valence-corrected chi connectivity index (χ1v) is 7.53. The quantitative estimate of drug-likeness (QED) is 0.809. The molecule has 0 atom stereocenters. The Morgan fingerprint density at radius 2 is 2.19 bits per heavy atom. The van der Waals surface area contributed by atoms with E-state index in [2.05, 4.69) is 26.3 Å². The largest absolute Gasteiger partial charge is 0.481 e. The van der Waals surface area contributed by atoms with Gasteiger partial charge in [-0.15, -0.1) is 0 Å². The molecule has 0 bridgehead atoms. The van der Waals surface area contributed by atoms with Gasteiger partial charge in [0.15, 0.2) is 0 Å². The Morgan fingerprint density at radius 3 is 2.86 bits per heavy atom. The van der Waals surface area contributed by atoms with Crippen LogP contribution < -0.4 is 10.1 Å². The molecule has 21 heavy (non-hydrogen) atoms. The highest BCUT2D eigenvalue weighted by Gasteiger charge is 2.12. The number of benzene rings is 1. The van der Waals surface area contributed by atoms with Crippen LogP contribution >= 0.6 is 15.9 Å². The Morgan fingerprint density at radius 1 is 1.43 bits per heavy atom. The normalized spacial score (nSPS) is 10.9. The molecule has 0 spiro atoms. The average molecular weight is 356 g/mol. The molecular formula is C15H19BrFN3O. The fraction of sp³-hybridized carbons (Fsp3) is 0.400. The van der Waals surface area contributed by atoms with Gasteiger partial charge >= 0.3 is 0 Å². The number of aromatic nitrogens is 2. The third-order valence-electron chi connectivity index (χ3n) is 3.36. The van der Waals surface area contributed by atoms with Gasteiger partial charge in [-0.25, -0.2) is 9.07 Å². The summed E-state index contributed by atoms with van der Waals surface area (Å²) in [6.45, 7) is 3.47. The number of nitrogens with one attached hydrogen (secondary N) is 1. The second-order valence-corrected chi connectivity index (χ2v) is 5.73. The summed E-state index contributed by atoms with van der Waals surface area (Å²) in [5, 5.41) is 7.71. The van der Waals surface area contributed by atoms with E-state index in [4.69, 9.17) is 4.74 Å². The molecule has 1 N–H and O–H groups in total. The van der Waals surface area contributed by atoms with Gasteiger partial charge in [0.2, 0.25) is 5.88 Å². The van der Waals surface area contributed by atoms with Gasteiger partial charge in [-0.2, -0.15) is 5.10 Å². The van der Waals surface area contributed by atoms with Crippen LogP contribution in [-0.4, -0.2) is 23.4 Å². The summed E-state index contributed by atoms with van der Waals surface area (Å²) < 4.78 is 20.8. The van der Waals surface area contributed by atoms with Crippen molar-refractivity contribution < 1.29 is 9.13 Å². The molecule has 0 aliphatic rings. The van der Waals surface area contributed by atoms with Crippen LogP contribution in [0.25, 0.3) is 0 Å². The first kappa shape index (κ1) is 16.0. The zero-order chi connectivity index (χ0) is 15.4. The molecule has 0 amide bonds. The number of halogens is 2. The van der Waals surface area contributed by atoms with E-state index >= 15 is 0 Å². The van der Waals surface area contributed by atoms with Crippen molar-refractivity contribution in [3.8, 4) is 5.88 Å². The minimum atomic E-state index is -0.234. The van der Waals surface area contributed by atoms with Crippen LogP contribution in [0.2, 0.25) is 0 Å². The van der Waals surface area contributed by atoms with Gasteiger partial charge < -0.3 is 10.1 Å². The minimum Gasteiger partial charge on any atom is -0.481 e. The van der Waals surface area contributed by atoms with Crippen molar-refractivity contribution >= 4 is 15.9 Å². The van der Waals surface area contributed by atoms with Gasteiger partial charge in [0.05, 0.1) is 22.8 Å². The lowest BCUT2D eigenvalue weighted by Crippen LogP contribution is -2.17. The molecule has 2 aromatic rings. The first-order valence-electron chi connectivity index (χ1n) is 6.74. The van der Waals surface area contributed by atoms with Crippen molar-refractivity contribution in [3.63, 3.8) is 0 Å². The van der Waals surface area contributed by atoms with Crippen molar-refractivity contribution in [2.75, 3.05) is 13.7 Å². The van der Waals surface area contributed by atoms with Gasteiger partial charge in [0.25, 0.3) is 0 Å². The van der Waals surface area contributed by atoms with E-state index in [-0.39, 0.29) is 5.82 Å². The second kappa shape index (κ2) is 7.04. The van der Waals surface area contributed by atoms with E-state index in [9.17, 15) is 4.39 Å². The molecule has 114 valence electrons.